The van der Waals surface area contributed by atoms with E-state index in [0.29, 0.717) is 49.9 Å². The normalized spacial score (nSPS) is 20.4. The van der Waals surface area contributed by atoms with E-state index in [0.717, 1.165) is 0 Å². The summed E-state index contributed by atoms with van der Waals surface area (Å²) in [5, 5.41) is 5.40. The van der Waals surface area contributed by atoms with Crippen molar-refractivity contribution in [3.05, 3.63) is 47.5 Å². The Morgan fingerprint density at radius 3 is 1.44 bits per heavy atom. The fourth-order valence-electron chi connectivity index (χ4n) is 5.99. The Bertz CT molecular complexity index is 1420. The first-order valence-corrected chi connectivity index (χ1v) is 15.2. The van der Waals surface area contributed by atoms with Crippen LogP contribution in [0.2, 0.25) is 0 Å². The van der Waals surface area contributed by atoms with Crippen LogP contribution in [0.3, 0.4) is 0 Å². The average molecular weight is 627 g/mol. The van der Waals surface area contributed by atoms with Gasteiger partial charge in [0.25, 0.3) is 5.92 Å². The summed E-state index contributed by atoms with van der Waals surface area (Å²) < 4.78 is 42.6. The molecular formula is C33H40F2N4O6. The number of anilines is 2. The van der Waals surface area contributed by atoms with E-state index in [1.165, 1.54) is 34.1 Å². The second-order valence-corrected chi connectivity index (χ2v) is 13.7. The number of fused-ring (bicyclic) bond motifs is 3. The first-order valence-electron chi connectivity index (χ1n) is 15.2. The average Bonchev–Trinajstić information content (AvgIpc) is 3.65. The maximum absolute atomic E-state index is 15.9. The van der Waals surface area contributed by atoms with Crippen molar-refractivity contribution in [1.82, 2.24) is 9.80 Å². The lowest BCUT2D eigenvalue weighted by Gasteiger charge is -2.28. The molecule has 0 bridgehead atoms. The summed E-state index contributed by atoms with van der Waals surface area (Å²) in [6.07, 6.45) is 0.917. The smallest absolute Gasteiger partial charge is 0.410 e. The zero-order valence-corrected chi connectivity index (χ0v) is 26.5. The topological polar surface area (TPSA) is 117 Å². The van der Waals surface area contributed by atoms with Crippen LogP contribution in [0.5, 0.6) is 0 Å². The molecule has 242 valence electrons. The number of alkyl halides is 2. The van der Waals surface area contributed by atoms with E-state index in [4.69, 9.17) is 9.47 Å². The Labute approximate surface area is 261 Å². The lowest BCUT2D eigenvalue weighted by molar-refractivity contribution is -0.121. The summed E-state index contributed by atoms with van der Waals surface area (Å²) in [6.45, 7) is 11.2. The lowest BCUT2D eigenvalue weighted by Crippen LogP contribution is -2.45. The molecule has 4 amide bonds. The molecule has 2 aromatic carbocycles. The van der Waals surface area contributed by atoms with Crippen LogP contribution in [0, 0.1) is 0 Å². The molecule has 2 saturated heterocycles. The number of nitrogens with zero attached hydrogens (tertiary/aromatic N) is 2. The highest BCUT2D eigenvalue weighted by molar-refractivity contribution is 5.99. The van der Waals surface area contributed by atoms with Gasteiger partial charge in [-0.15, -0.1) is 0 Å². The zero-order chi connectivity index (χ0) is 32.9. The van der Waals surface area contributed by atoms with Gasteiger partial charge in [0, 0.05) is 35.6 Å². The molecule has 45 heavy (non-hydrogen) atoms. The Morgan fingerprint density at radius 1 is 0.711 bits per heavy atom. The molecule has 1 aliphatic carbocycles. The SMILES string of the molecule is CC(C)(C)OC(=O)N1CCC[C@H]1C(=O)Nc1ccc2c(c1)C(F)(F)c1cc(NC(=O)[C@@H]3CCCN3C(=O)OC(C)(C)C)ccc1-2. The van der Waals surface area contributed by atoms with Crippen molar-refractivity contribution in [3.8, 4) is 11.1 Å². The second kappa shape index (κ2) is 11.6. The molecule has 10 nitrogen and oxygen atoms in total. The number of carbonyl (C=O) groups is 4. The molecule has 0 saturated carbocycles. The maximum atomic E-state index is 15.9. The quantitative estimate of drug-likeness (QED) is 0.401. The molecule has 2 N–H and O–H groups in total. The van der Waals surface area contributed by atoms with Crippen molar-refractivity contribution in [3.63, 3.8) is 0 Å². The minimum Gasteiger partial charge on any atom is -0.444 e. The Balaban J connectivity index is 1.29. The third-order valence-corrected chi connectivity index (χ3v) is 7.91. The molecule has 0 aromatic heterocycles. The zero-order valence-electron chi connectivity index (χ0n) is 26.5. The Morgan fingerprint density at radius 2 is 1.09 bits per heavy atom. The number of hydrogen-bond donors (Lipinski definition) is 2. The lowest BCUT2D eigenvalue weighted by atomic mass is 10.0. The van der Waals surface area contributed by atoms with Gasteiger partial charge in [0.15, 0.2) is 0 Å². The molecule has 0 spiro atoms. The van der Waals surface area contributed by atoms with E-state index in [1.807, 2.05) is 0 Å². The molecule has 12 heteroatoms. The van der Waals surface area contributed by atoms with Gasteiger partial charge in [0.05, 0.1) is 0 Å². The van der Waals surface area contributed by atoms with E-state index in [-0.39, 0.29) is 22.5 Å². The van der Waals surface area contributed by atoms with E-state index >= 15 is 8.78 Å². The summed E-state index contributed by atoms with van der Waals surface area (Å²) >= 11 is 0. The third kappa shape index (κ3) is 6.74. The highest BCUT2D eigenvalue weighted by Crippen LogP contribution is 2.52. The first kappa shape index (κ1) is 32.2. The van der Waals surface area contributed by atoms with Gasteiger partial charge in [0.2, 0.25) is 11.8 Å². The number of halogens is 2. The van der Waals surface area contributed by atoms with Crippen molar-refractivity contribution in [2.24, 2.45) is 0 Å². The molecular weight excluding hydrogens is 586 g/mol. The van der Waals surface area contributed by atoms with Crippen LogP contribution in [0.15, 0.2) is 36.4 Å². The van der Waals surface area contributed by atoms with Crippen LogP contribution < -0.4 is 10.6 Å². The number of ether oxygens (including phenoxy) is 2. The van der Waals surface area contributed by atoms with E-state index in [1.54, 1.807) is 53.7 Å². The van der Waals surface area contributed by atoms with Crippen LogP contribution in [0.4, 0.5) is 29.7 Å². The molecule has 2 fully saturated rings. The fraction of sp³-hybridized carbons (Fsp3) is 0.515. The molecule has 2 aliphatic heterocycles. The largest absolute Gasteiger partial charge is 0.444 e. The van der Waals surface area contributed by atoms with Crippen molar-refractivity contribution >= 4 is 35.4 Å². The molecule has 3 aliphatic rings. The van der Waals surface area contributed by atoms with Gasteiger partial charge in [-0.1, -0.05) is 12.1 Å². The molecule has 0 unspecified atom stereocenters. The highest BCUT2D eigenvalue weighted by atomic mass is 19.3. The molecule has 2 atom stereocenters. The number of likely N-dealkylation sites (tertiary alicyclic amines) is 2. The van der Waals surface area contributed by atoms with Crippen molar-refractivity contribution < 1.29 is 37.4 Å². The van der Waals surface area contributed by atoms with Crippen LogP contribution in [0.1, 0.15) is 78.4 Å². The number of benzene rings is 2. The summed E-state index contributed by atoms with van der Waals surface area (Å²) in [7, 11) is 0. The van der Waals surface area contributed by atoms with Gasteiger partial charge < -0.3 is 20.1 Å². The van der Waals surface area contributed by atoms with Gasteiger partial charge in [-0.05, 0) is 103 Å². The Hall–Kier alpha value is -4.22. The monoisotopic (exact) mass is 626 g/mol. The number of nitrogens with one attached hydrogen (secondary N) is 2. The summed E-state index contributed by atoms with van der Waals surface area (Å²) in [5.41, 5.74) is -1.01. The summed E-state index contributed by atoms with van der Waals surface area (Å²) in [5.74, 6) is -4.36. The predicted octanol–water partition coefficient (Wildman–Crippen LogP) is 6.48. The number of amides is 4. The fourth-order valence-corrected chi connectivity index (χ4v) is 5.99. The second-order valence-electron chi connectivity index (χ2n) is 13.7. The van der Waals surface area contributed by atoms with Crippen LogP contribution in [0.25, 0.3) is 11.1 Å². The van der Waals surface area contributed by atoms with Gasteiger partial charge in [0.1, 0.15) is 23.3 Å². The summed E-state index contributed by atoms with van der Waals surface area (Å²) in [4.78, 5) is 54.3. The standard InChI is InChI=1S/C33H40F2N4O6/c1-31(2,3)44-29(42)38-15-7-9-25(38)27(40)36-19-11-13-21-22-14-12-20(18-24(22)33(34,35)23(21)17-19)37-28(41)26-10-8-16-39(26)30(43)45-32(4,5)6/h11-14,17-18,25-26H,7-10,15-16H2,1-6H3,(H,36,40)(H,37,41)/t25-,26-/m0/s1. The van der Waals surface area contributed by atoms with Crippen LogP contribution >= 0.6 is 0 Å². The molecule has 2 heterocycles. The van der Waals surface area contributed by atoms with Gasteiger partial charge in [-0.3, -0.25) is 19.4 Å². The van der Waals surface area contributed by atoms with E-state index in [9.17, 15) is 19.2 Å². The number of hydrogen-bond acceptors (Lipinski definition) is 6. The van der Waals surface area contributed by atoms with Crippen molar-refractivity contribution in [2.75, 3.05) is 23.7 Å². The predicted molar refractivity (Wildman–Crippen MR) is 164 cm³/mol. The molecule has 0 radical (unpaired) electrons. The minimum atomic E-state index is -3.40. The molecule has 5 rings (SSSR count). The Kier molecular flexibility index (Phi) is 8.30. The third-order valence-electron chi connectivity index (χ3n) is 7.91. The first-order chi connectivity index (χ1) is 20.9. The summed E-state index contributed by atoms with van der Waals surface area (Å²) in [6, 6.07) is 7.10. The van der Waals surface area contributed by atoms with E-state index < -0.39 is 53.2 Å². The van der Waals surface area contributed by atoms with Gasteiger partial charge in [-0.2, -0.15) is 8.78 Å². The van der Waals surface area contributed by atoms with Gasteiger partial charge >= 0.3 is 12.2 Å². The number of rotatable bonds is 4. The van der Waals surface area contributed by atoms with Crippen LogP contribution in [-0.4, -0.2) is 70.2 Å². The minimum absolute atomic E-state index is 0.180. The van der Waals surface area contributed by atoms with Crippen molar-refractivity contribution in [2.45, 2.75) is 96.4 Å². The maximum Gasteiger partial charge on any atom is 0.410 e. The highest BCUT2D eigenvalue weighted by Gasteiger charge is 2.45. The van der Waals surface area contributed by atoms with Crippen LogP contribution in [-0.2, 0) is 25.0 Å². The molecule has 2 aromatic rings. The number of carbonyl (C=O) groups excluding carboxylic acids is 4. The van der Waals surface area contributed by atoms with Gasteiger partial charge in [-0.25, -0.2) is 9.59 Å². The van der Waals surface area contributed by atoms with E-state index in [2.05, 4.69) is 10.6 Å². The van der Waals surface area contributed by atoms with Crippen molar-refractivity contribution in [1.29, 1.82) is 0 Å².